The number of carbonyl (C=O) groups excluding carboxylic acids is 2. The monoisotopic (exact) mass is 1290 g/mol. The van der Waals surface area contributed by atoms with Crippen LogP contribution in [0.4, 0.5) is 0 Å². The molecule has 0 aromatic carbocycles. The van der Waals surface area contributed by atoms with E-state index in [1.54, 1.807) is 6.08 Å². The first-order valence-electron chi connectivity index (χ1n) is 42.6. The fourth-order valence-electron chi connectivity index (χ4n) is 13.8. The summed E-state index contributed by atoms with van der Waals surface area (Å²) < 4.78 is 5.51. The van der Waals surface area contributed by atoms with E-state index in [2.05, 4.69) is 31.3 Å². The van der Waals surface area contributed by atoms with Crippen LogP contribution in [0.2, 0.25) is 0 Å². The lowest BCUT2D eigenvalue weighted by Gasteiger charge is -2.20. The van der Waals surface area contributed by atoms with E-state index >= 15 is 0 Å². The second-order valence-electron chi connectivity index (χ2n) is 29.5. The van der Waals surface area contributed by atoms with E-state index in [4.69, 9.17) is 4.74 Å². The van der Waals surface area contributed by atoms with Gasteiger partial charge in [0.25, 0.3) is 0 Å². The summed E-state index contributed by atoms with van der Waals surface area (Å²) >= 11 is 0. The van der Waals surface area contributed by atoms with Crippen molar-refractivity contribution in [2.24, 2.45) is 0 Å². The van der Waals surface area contributed by atoms with Gasteiger partial charge in [0.05, 0.1) is 25.4 Å². The molecule has 0 saturated heterocycles. The quantitative estimate of drug-likeness (QED) is 0.0320. The maximum absolute atomic E-state index is 12.6. The van der Waals surface area contributed by atoms with E-state index in [0.717, 1.165) is 38.5 Å². The molecule has 6 nitrogen and oxygen atoms in total. The molecule has 0 fully saturated rings. The van der Waals surface area contributed by atoms with Crippen LogP contribution in [0.5, 0.6) is 0 Å². The Kier molecular flexibility index (Phi) is 80.3. The van der Waals surface area contributed by atoms with Crippen molar-refractivity contribution < 1.29 is 24.5 Å². The highest BCUT2D eigenvalue weighted by Crippen LogP contribution is 2.21. The average molecular weight is 1300 g/mol. The van der Waals surface area contributed by atoms with Crippen LogP contribution in [-0.4, -0.2) is 47.4 Å². The molecule has 0 spiro atoms. The third-order valence-electron chi connectivity index (χ3n) is 20.2. The lowest BCUT2D eigenvalue weighted by molar-refractivity contribution is -0.143. The van der Waals surface area contributed by atoms with Gasteiger partial charge in [-0.05, 0) is 57.8 Å². The Balaban J connectivity index is 3.35. The number of hydrogen-bond donors (Lipinski definition) is 3. The maximum atomic E-state index is 12.6. The van der Waals surface area contributed by atoms with Crippen LogP contribution in [0.3, 0.4) is 0 Å². The zero-order chi connectivity index (χ0) is 66.3. The predicted molar refractivity (Wildman–Crippen MR) is 407 cm³/mol. The number of aliphatic hydroxyl groups is 2. The van der Waals surface area contributed by atoms with Crippen molar-refractivity contribution in [1.82, 2.24) is 5.32 Å². The highest BCUT2D eigenvalue weighted by molar-refractivity contribution is 5.76. The second-order valence-corrected chi connectivity index (χ2v) is 29.5. The number of nitrogens with one attached hydrogen (secondary N) is 1. The first-order chi connectivity index (χ1) is 45.5. The third-order valence-corrected chi connectivity index (χ3v) is 20.2. The first-order valence-corrected chi connectivity index (χ1v) is 42.6. The lowest BCUT2D eigenvalue weighted by Crippen LogP contribution is -2.45. The number of rotatable bonds is 81. The number of esters is 1. The highest BCUT2D eigenvalue weighted by Gasteiger charge is 2.18. The molecule has 0 aliphatic heterocycles. The van der Waals surface area contributed by atoms with Gasteiger partial charge in [-0.25, -0.2) is 0 Å². The molecule has 92 heavy (non-hydrogen) atoms. The zero-order valence-corrected chi connectivity index (χ0v) is 62.8. The molecule has 0 saturated carbocycles. The van der Waals surface area contributed by atoms with Crippen LogP contribution in [-0.2, 0) is 14.3 Å². The predicted octanol–water partition coefficient (Wildman–Crippen LogP) is 28.4. The summed E-state index contributed by atoms with van der Waals surface area (Å²) in [4.78, 5) is 24.7. The molecule has 0 bridgehead atoms. The molecule has 0 aromatic rings. The molecule has 3 N–H and O–H groups in total. The van der Waals surface area contributed by atoms with Crippen molar-refractivity contribution in [3.63, 3.8) is 0 Å². The maximum Gasteiger partial charge on any atom is 0.305 e. The van der Waals surface area contributed by atoms with Crippen molar-refractivity contribution >= 4 is 11.9 Å². The summed E-state index contributed by atoms with van der Waals surface area (Å²) in [6.07, 6.45) is 106. The molecule has 0 aliphatic carbocycles. The van der Waals surface area contributed by atoms with Crippen molar-refractivity contribution in [3.8, 4) is 0 Å². The molecule has 0 rings (SSSR count). The minimum atomic E-state index is -0.843. The number of carbonyl (C=O) groups is 2. The fraction of sp³-hybridized carbons (Fsp3) is 0.930. The number of amides is 1. The van der Waals surface area contributed by atoms with E-state index in [0.29, 0.717) is 19.4 Å². The Hall–Kier alpha value is -1.66. The molecule has 0 radical (unpaired) electrons. The topological polar surface area (TPSA) is 95.9 Å². The Morgan fingerprint density at radius 1 is 0.293 bits per heavy atom. The van der Waals surface area contributed by atoms with E-state index in [1.807, 2.05) is 6.08 Å². The summed E-state index contributed by atoms with van der Waals surface area (Å²) in [5.41, 5.74) is 0. The molecule has 2 atom stereocenters. The van der Waals surface area contributed by atoms with Crippen molar-refractivity contribution in [3.05, 3.63) is 24.3 Å². The van der Waals surface area contributed by atoms with Gasteiger partial charge in [0, 0.05) is 12.8 Å². The summed E-state index contributed by atoms with van der Waals surface area (Å²) in [5, 5.41) is 23.3. The number of allylic oxidation sites excluding steroid dienone is 3. The number of aliphatic hydroxyl groups excluding tert-OH is 2. The van der Waals surface area contributed by atoms with Crippen molar-refractivity contribution in [1.29, 1.82) is 0 Å². The number of hydrogen-bond acceptors (Lipinski definition) is 5. The molecule has 2 unspecified atom stereocenters. The van der Waals surface area contributed by atoms with E-state index in [1.165, 1.54) is 424 Å². The van der Waals surface area contributed by atoms with E-state index < -0.39 is 12.1 Å². The Bertz CT molecular complexity index is 1450. The van der Waals surface area contributed by atoms with Crippen LogP contribution >= 0.6 is 0 Å². The van der Waals surface area contributed by atoms with Crippen molar-refractivity contribution in [2.75, 3.05) is 13.2 Å². The Morgan fingerprint density at radius 3 is 0.772 bits per heavy atom. The summed E-state index contributed by atoms with van der Waals surface area (Å²) in [5.74, 6) is -0.0331. The largest absolute Gasteiger partial charge is 0.466 e. The third kappa shape index (κ3) is 77.3. The molecular weight excluding hydrogens is 1130 g/mol. The number of ether oxygens (including phenoxy) is 1. The van der Waals surface area contributed by atoms with Crippen LogP contribution in [0.1, 0.15) is 489 Å². The Labute approximate surface area is 577 Å². The van der Waals surface area contributed by atoms with Gasteiger partial charge in [-0.2, -0.15) is 0 Å². The van der Waals surface area contributed by atoms with Crippen LogP contribution < -0.4 is 5.32 Å². The molecule has 0 aliphatic rings. The normalized spacial score (nSPS) is 12.5. The van der Waals surface area contributed by atoms with Gasteiger partial charge < -0.3 is 20.3 Å². The SMILES string of the molecule is CCCCCCCCCCCCCCCCCCCCCCC/C=C/C(O)C(CO)NC(=O)CCCCCCCCCCCCCCCCCCC/C=C\CCCCCCCCCCCCCCCCCCOC(=O)CCCCCCCCCCCCCCCCC. The molecule has 0 heterocycles. The fourth-order valence-corrected chi connectivity index (χ4v) is 13.8. The minimum absolute atomic E-state index is 0.0253. The van der Waals surface area contributed by atoms with Gasteiger partial charge >= 0.3 is 5.97 Å². The minimum Gasteiger partial charge on any atom is -0.466 e. The molecule has 0 aromatic heterocycles. The van der Waals surface area contributed by atoms with Crippen LogP contribution in [0, 0.1) is 0 Å². The van der Waals surface area contributed by atoms with E-state index in [-0.39, 0.29) is 18.5 Å². The summed E-state index contributed by atoms with van der Waals surface area (Å²) in [6.45, 7) is 4.97. The first kappa shape index (κ1) is 90.3. The smallest absolute Gasteiger partial charge is 0.305 e. The standard InChI is InChI=1S/C86H167NO5/c1-3-5-7-9-11-13-15-17-19-20-21-22-38-41-44-47-51-54-58-62-66-70-74-78-84(89)83(82-88)87-85(90)79-75-71-67-63-59-55-52-48-45-42-39-36-34-32-30-28-26-24-23-25-27-29-31-33-35-37-40-43-46-49-53-57-61-65-69-73-77-81-92-86(91)80-76-72-68-64-60-56-50-18-16-14-12-10-8-6-4-2/h23,25,74,78,83-84,88-89H,3-22,24,26-73,75-77,79-82H2,1-2H3,(H,87,90)/b25-23-,78-74+. The highest BCUT2D eigenvalue weighted by atomic mass is 16.5. The van der Waals surface area contributed by atoms with E-state index in [9.17, 15) is 19.8 Å². The van der Waals surface area contributed by atoms with Gasteiger partial charge in [-0.3, -0.25) is 9.59 Å². The molecule has 1 amide bonds. The van der Waals surface area contributed by atoms with Gasteiger partial charge in [-0.1, -0.05) is 443 Å². The molecular formula is C86H167NO5. The van der Waals surface area contributed by atoms with Gasteiger partial charge in [0.2, 0.25) is 5.91 Å². The van der Waals surface area contributed by atoms with Gasteiger partial charge in [0.15, 0.2) is 0 Å². The molecule has 546 valence electrons. The zero-order valence-electron chi connectivity index (χ0n) is 62.8. The van der Waals surface area contributed by atoms with Crippen molar-refractivity contribution in [2.45, 2.75) is 501 Å². The Morgan fingerprint density at radius 2 is 0.511 bits per heavy atom. The lowest BCUT2D eigenvalue weighted by atomic mass is 10.0. The number of unbranched alkanes of at least 4 members (excludes halogenated alkanes) is 68. The van der Waals surface area contributed by atoms with Crippen LogP contribution in [0.25, 0.3) is 0 Å². The molecule has 6 heteroatoms. The average Bonchev–Trinajstić information content (AvgIpc) is 3.61. The summed E-state index contributed by atoms with van der Waals surface area (Å²) in [6, 6.07) is -0.626. The second kappa shape index (κ2) is 81.8. The summed E-state index contributed by atoms with van der Waals surface area (Å²) in [7, 11) is 0. The van der Waals surface area contributed by atoms with Gasteiger partial charge in [0.1, 0.15) is 0 Å². The van der Waals surface area contributed by atoms with Gasteiger partial charge in [-0.15, -0.1) is 0 Å². The van der Waals surface area contributed by atoms with Crippen LogP contribution in [0.15, 0.2) is 24.3 Å².